The number of hydrogen-bond donors (Lipinski definition) is 2. The number of rotatable bonds is 6. The molecule has 1 aliphatic carbocycles. The molecular formula is C14H20N2O3S2. The fourth-order valence-corrected chi connectivity index (χ4v) is 4.16. The Kier molecular flexibility index (Phi) is 5.66. The zero-order valence-corrected chi connectivity index (χ0v) is 13.9. The van der Waals surface area contributed by atoms with Crippen molar-refractivity contribution in [3.8, 4) is 0 Å². The number of carbonyl (C=O) groups is 2. The molecule has 0 saturated carbocycles. The number of methoxy groups -OCH3 is 1. The first-order chi connectivity index (χ1) is 10.1. The fraction of sp³-hybridized carbons (Fsp3) is 0.571. The van der Waals surface area contributed by atoms with Crippen molar-refractivity contribution in [1.29, 1.82) is 0 Å². The largest absolute Gasteiger partial charge is 0.465 e. The Hall–Kier alpha value is -1.05. The van der Waals surface area contributed by atoms with Gasteiger partial charge in [-0.05, 0) is 43.3 Å². The zero-order chi connectivity index (χ0) is 15.4. The maximum Gasteiger partial charge on any atom is 0.341 e. The van der Waals surface area contributed by atoms with Crippen LogP contribution in [-0.2, 0) is 22.4 Å². The van der Waals surface area contributed by atoms with Gasteiger partial charge in [0.2, 0.25) is 5.91 Å². The summed E-state index contributed by atoms with van der Waals surface area (Å²) in [5, 5.41) is 3.39. The molecule has 21 heavy (non-hydrogen) atoms. The van der Waals surface area contributed by atoms with Crippen LogP contribution in [0.4, 0.5) is 5.00 Å². The van der Waals surface area contributed by atoms with E-state index in [0.29, 0.717) is 17.0 Å². The minimum Gasteiger partial charge on any atom is -0.465 e. The summed E-state index contributed by atoms with van der Waals surface area (Å²) in [6.07, 6.45) is 5.46. The van der Waals surface area contributed by atoms with Crippen LogP contribution in [0.25, 0.3) is 0 Å². The van der Waals surface area contributed by atoms with E-state index in [-0.39, 0.29) is 11.9 Å². The van der Waals surface area contributed by atoms with Crippen molar-refractivity contribution in [2.24, 2.45) is 5.73 Å². The zero-order valence-electron chi connectivity index (χ0n) is 12.2. The summed E-state index contributed by atoms with van der Waals surface area (Å²) >= 11 is 3.12. The first-order valence-corrected chi connectivity index (χ1v) is 9.07. The fourth-order valence-electron chi connectivity index (χ4n) is 2.39. The van der Waals surface area contributed by atoms with E-state index < -0.39 is 6.04 Å². The number of ether oxygens (including phenoxy) is 1. The Morgan fingerprint density at radius 3 is 2.90 bits per heavy atom. The van der Waals surface area contributed by atoms with E-state index in [0.717, 1.165) is 30.6 Å². The van der Waals surface area contributed by atoms with Crippen LogP contribution in [0.15, 0.2) is 0 Å². The van der Waals surface area contributed by atoms with Crippen molar-refractivity contribution >= 4 is 40.0 Å². The molecule has 0 aromatic carbocycles. The first kappa shape index (κ1) is 16.3. The number of thioether (sulfide) groups is 1. The van der Waals surface area contributed by atoms with E-state index in [1.807, 2.05) is 6.26 Å². The van der Waals surface area contributed by atoms with Gasteiger partial charge in [-0.25, -0.2) is 4.79 Å². The molecule has 0 radical (unpaired) electrons. The average Bonchev–Trinajstić information content (AvgIpc) is 3.04. The van der Waals surface area contributed by atoms with Gasteiger partial charge in [0, 0.05) is 4.88 Å². The third kappa shape index (κ3) is 3.59. The number of fused-ring (bicyclic) bond motifs is 1. The Morgan fingerprint density at radius 1 is 1.48 bits per heavy atom. The summed E-state index contributed by atoms with van der Waals surface area (Å²) in [7, 11) is 1.36. The second-order valence-corrected chi connectivity index (χ2v) is 7.02. The molecule has 5 nitrogen and oxygen atoms in total. The topological polar surface area (TPSA) is 81.4 Å². The smallest absolute Gasteiger partial charge is 0.341 e. The molecule has 1 heterocycles. The van der Waals surface area contributed by atoms with Crippen LogP contribution >= 0.6 is 23.1 Å². The lowest BCUT2D eigenvalue weighted by molar-refractivity contribution is -0.117. The lowest BCUT2D eigenvalue weighted by atomic mass is 10.1. The summed E-state index contributed by atoms with van der Waals surface area (Å²) in [4.78, 5) is 25.3. The van der Waals surface area contributed by atoms with Crippen molar-refractivity contribution in [2.45, 2.75) is 31.7 Å². The summed E-state index contributed by atoms with van der Waals surface area (Å²) in [5.41, 5.74) is 7.41. The molecule has 1 atom stereocenters. The average molecular weight is 328 g/mol. The van der Waals surface area contributed by atoms with Gasteiger partial charge < -0.3 is 15.8 Å². The maximum atomic E-state index is 12.1. The van der Waals surface area contributed by atoms with Gasteiger partial charge in [-0.3, -0.25) is 4.79 Å². The van der Waals surface area contributed by atoms with E-state index in [4.69, 9.17) is 10.5 Å². The number of thiophene rings is 1. The van der Waals surface area contributed by atoms with Crippen molar-refractivity contribution in [3.63, 3.8) is 0 Å². The number of anilines is 1. The molecule has 116 valence electrons. The molecule has 0 fully saturated rings. The predicted molar refractivity (Wildman–Crippen MR) is 87.3 cm³/mol. The summed E-state index contributed by atoms with van der Waals surface area (Å²) in [5.74, 6) is 0.204. The van der Waals surface area contributed by atoms with Gasteiger partial charge in [0.05, 0.1) is 18.7 Å². The number of nitrogens with two attached hydrogens (primary N) is 1. The van der Waals surface area contributed by atoms with Crippen LogP contribution in [0.2, 0.25) is 0 Å². The van der Waals surface area contributed by atoms with E-state index in [2.05, 4.69) is 5.32 Å². The highest BCUT2D eigenvalue weighted by Crippen LogP contribution is 2.39. The van der Waals surface area contributed by atoms with Gasteiger partial charge >= 0.3 is 5.97 Å². The number of nitrogens with one attached hydrogen (secondary N) is 1. The van der Waals surface area contributed by atoms with Crippen LogP contribution in [0.3, 0.4) is 0 Å². The van der Waals surface area contributed by atoms with Gasteiger partial charge in [0.25, 0.3) is 0 Å². The molecule has 0 unspecified atom stereocenters. The number of aryl methyl sites for hydroxylation is 1. The van der Waals surface area contributed by atoms with Crippen LogP contribution in [0.1, 0.15) is 33.6 Å². The van der Waals surface area contributed by atoms with Crippen molar-refractivity contribution < 1.29 is 14.3 Å². The number of carbonyl (C=O) groups excluding carboxylic acids is 2. The molecule has 0 saturated heterocycles. The highest BCUT2D eigenvalue weighted by atomic mass is 32.2. The molecule has 1 aromatic rings. The summed E-state index contributed by atoms with van der Waals surface area (Å²) in [6.45, 7) is 0. The predicted octanol–water partition coefficient (Wildman–Crippen LogP) is 2.04. The Bertz CT molecular complexity index is 543. The lowest BCUT2D eigenvalue weighted by Crippen LogP contribution is -2.36. The second-order valence-electron chi connectivity index (χ2n) is 4.93. The highest BCUT2D eigenvalue weighted by Gasteiger charge is 2.28. The highest BCUT2D eigenvalue weighted by molar-refractivity contribution is 7.98. The Balaban J connectivity index is 2.16. The SMILES string of the molecule is COC(=O)c1c(NC(=O)[C@H](N)CCSC)sc2c1CCC2. The number of esters is 1. The normalized spacial score (nSPS) is 14.6. The first-order valence-electron chi connectivity index (χ1n) is 6.86. The van der Waals surface area contributed by atoms with Crippen molar-refractivity contribution in [1.82, 2.24) is 0 Å². The Morgan fingerprint density at radius 2 is 2.24 bits per heavy atom. The molecule has 7 heteroatoms. The molecular weight excluding hydrogens is 308 g/mol. The summed E-state index contributed by atoms with van der Waals surface area (Å²) in [6, 6.07) is -0.556. The van der Waals surface area contributed by atoms with E-state index in [1.54, 1.807) is 11.8 Å². The molecule has 2 rings (SSSR count). The molecule has 3 N–H and O–H groups in total. The molecule has 0 aliphatic heterocycles. The lowest BCUT2D eigenvalue weighted by Gasteiger charge is -2.12. The van der Waals surface area contributed by atoms with Gasteiger partial charge in [-0.2, -0.15) is 11.8 Å². The monoisotopic (exact) mass is 328 g/mol. The van der Waals surface area contributed by atoms with E-state index >= 15 is 0 Å². The minimum atomic E-state index is -0.556. The van der Waals surface area contributed by atoms with Crippen LogP contribution in [0.5, 0.6) is 0 Å². The number of hydrogen-bond acceptors (Lipinski definition) is 6. The van der Waals surface area contributed by atoms with E-state index in [1.165, 1.54) is 23.3 Å². The minimum absolute atomic E-state index is 0.242. The van der Waals surface area contributed by atoms with Crippen LogP contribution in [0, 0.1) is 0 Å². The maximum absolute atomic E-state index is 12.1. The molecule has 1 aliphatic rings. The van der Waals surface area contributed by atoms with Gasteiger partial charge in [0.15, 0.2) is 0 Å². The van der Waals surface area contributed by atoms with Crippen molar-refractivity contribution in [3.05, 3.63) is 16.0 Å². The molecule has 0 bridgehead atoms. The second kappa shape index (κ2) is 7.29. The molecule has 1 aromatic heterocycles. The van der Waals surface area contributed by atoms with Crippen LogP contribution in [-0.4, -0.2) is 37.0 Å². The third-order valence-electron chi connectivity index (χ3n) is 3.52. The van der Waals surface area contributed by atoms with Gasteiger partial charge in [0.1, 0.15) is 5.00 Å². The standard InChI is InChI=1S/C14H20N2O3S2/c1-19-14(18)11-8-4-3-5-10(8)21-13(11)16-12(17)9(15)6-7-20-2/h9H,3-7,15H2,1-2H3,(H,16,17)/t9-/m1/s1. The third-order valence-corrected chi connectivity index (χ3v) is 5.37. The quantitative estimate of drug-likeness (QED) is 0.781. The summed E-state index contributed by atoms with van der Waals surface area (Å²) < 4.78 is 4.85. The van der Waals surface area contributed by atoms with Crippen LogP contribution < -0.4 is 11.1 Å². The molecule has 0 spiro atoms. The molecule has 1 amide bonds. The van der Waals surface area contributed by atoms with Gasteiger partial charge in [-0.1, -0.05) is 0 Å². The van der Waals surface area contributed by atoms with Crippen molar-refractivity contribution in [2.75, 3.05) is 24.4 Å². The van der Waals surface area contributed by atoms with Gasteiger partial charge in [-0.15, -0.1) is 11.3 Å². The Labute approximate surface area is 132 Å². The number of amides is 1. The van der Waals surface area contributed by atoms with E-state index in [9.17, 15) is 9.59 Å².